The average Bonchev–Trinajstić information content (AvgIpc) is 2.63. The molecule has 0 fully saturated rings. The van der Waals surface area contributed by atoms with Crippen molar-refractivity contribution >= 4 is 38.9 Å². The number of thiophene rings is 1. The van der Waals surface area contributed by atoms with Crippen molar-refractivity contribution in [3.05, 3.63) is 56.0 Å². The standard InChI is InChI=1S/C13H11BrClFS/c1-7-5-9(16)6-8(2)12(7)13(14)10-3-4-11(15)17-10/h3-6,13H,1-2H3. The van der Waals surface area contributed by atoms with E-state index in [9.17, 15) is 4.39 Å². The molecule has 0 aliphatic heterocycles. The Hall–Kier alpha value is -0.380. The number of hydrogen-bond donors (Lipinski definition) is 0. The first-order valence-electron chi connectivity index (χ1n) is 5.15. The topological polar surface area (TPSA) is 0 Å². The summed E-state index contributed by atoms with van der Waals surface area (Å²) in [6.45, 7) is 3.85. The minimum Gasteiger partial charge on any atom is -0.207 e. The molecule has 0 aliphatic rings. The lowest BCUT2D eigenvalue weighted by Crippen LogP contribution is -1.98. The minimum absolute atomic E-state index is 0.0700. The Labute approximate surface area is 118 Å². The van der Waals surface area contributed by atoms with Crippen molar-refractivity contribution in [1.29, 1.82) is 0 Å². The number of alkyl halides is 1. The van der Waals surface area contributed by atoms with Crippen LogP contribution in [0.15, 0.2) is 24.3 Å². The summed E-state index contributed by atoms with van der Waals surface area (Å²) in [6, 6.07) is 7.00. The second-order valence-corrected chi connectivity index (χ2v) is 6.62. The van der Waals surface area contributed by atoms with E-state index in [0.29, 0.717) is 0 Å². The van der Waals surface area contributed by atoms with E-state index in [1.165, 1.54) is 11.3 Å². The lowest BCUT2D eigenvalue weighted by atomic mass is 9.99. The first kappa shape index (κ1) is 13.1. The third-order valence-electron chi connectivity index (χ3n) is 2.66. The largest absolute Gasteiger partial charge is 0.207 e. The summed E-state index contributed by atoms with van der Waals surface area (Å²) in [6.07, 6.45) is 0. The molecule has 1 aromatic heterocycles. The summed E-state index contributed by atoms with van der Waals surface area (Å²) in [5, 5.41) is 0. The van der Waals surface area contributed by atoms with Crippen LogP contribution < -0.4 is 0 Å². The van der Waals surface area contributed by atoms with Gasteiger partial charge in [0.2, 0.25) is 0 Å². The van der Waals surface area contributed by atoms with Gasteiger partial charge in [0, 0.05) is 4.88 Å². The molecule has 17 heavy (non-hydrogen) atoms. The van der Waals surface area contributed by atoms with Gasteiger partial charge in [-0.25, -0.2) is 4.39 Å². The third kappa shape index (κ3) is 2.72. The summed E-state index contributed by atoms with van der Waals surface area (Å²) in [4.78, 5) is 1.20. The van der Waals surface area contributed by atoms with E-state index in [1.807, 2.05) is 26.0 Å². The molecule has 0 amide bonds. The van der Waals surface area contributed by atoms with Gasteiger partial charge in [-0.1, -0.05) is 27.5 Å². The van der Waals surface area contributed by atoms with Crippen LogP contribution in [-0.2, 0) is 0 Å². The predicted octanol–water partition coefficient (Wildman–Crippen LogP) is 5.64. The highest BCUT2D eigenvalue weighted by Crippen LogP contribution is 2.39. The first-order chi connectivity index (χ1) is 7.99. The zero-order chi connectivity index (χ0) is 12.6. The molecule has 1 heterocycles. The van der Waals surface area contributed by atoms with Crippen LogP contribution in [-0.4, -0.2) is 0 Å². The lowest BCUT2D eigenvalue weighted by molar-refractivity contribution is 0.624. The number of rotatable bonds is 2. The van der Waals surface area contributed by atoms with Crippen molar-refractivity contribution in [2.75, 3.05) is 0 Å². The molecule has 0 N–H and O–H groups in total. The molecule has 90 valence electrons. The normalized spacial score (nSPS) is 12.8. The number of hydrogen-bond acceptors (Lipinski definition) is 1. The van der Waals surface area contributed by atoms with E-state index in [0.717, 1.165) is 25.9 Å². The molecule has 0 spiro atoms. The Morgan fingerprint density at radius 1 is 1.24 bits per heavy atom. The molecule has 1 aromatic carbocycles. The van der Waals surface area contributed by atoms with Crippen molar-refractivity contribution in [3.8, 4) is 0 Å². The van der Waals surface area contributed by atoms with E-state index in [2.05, 4.69) is 15.9 Å². The van der Waals surface area contributed by atoms with Crippen LogP contribution in [0.1, 0.15) is 26.4 Å². The zero-order valence-electron chi connectivity index (χ0n) is 9.43. The van der Waals surface area contributed by atoms with Gasteiger partial charge in [-0.3, -0.25) is 0 Å². The Bertz CT molecular complexity index is 527. The van der Waals surface area contributed by atoms with Gasteiger partial charge >= 0.3 is 0 Å². The quantitative estimate of drug-likeness (QED) is 0.624. The molecule has 0 saturated heterocycles. The summed E-state index contributed by atoms with van der Waals surface area (Å²) in [7, 11) is 0. The van der Waals surface area contributed by atoms with Gasteiger partial charge in [-0.05, 0) is 54.8 Å². The van der Waals surface area contributed by atoms with Crippen LogP contribution in [0.4, 0.5) is 4.39 Å². The molecule has 0 nitrogen and oxygen atoms in total. The highest BCUT2D eigenvalue weighted by atomic mass is 79.9. The molecule has 2 aromatic rings. The SMILES string of the molecule is Cc1cc(F)cc(C)c1C(Br)c1ccc(Cl)s1. The van der Waals surface area contributed by atoms with Gasteiger partial charge in [0.25, 0.3) is 0 Å². The summed E-state index contributed by atoms with van der Waals surface area (Å²) in [5.74, 6) is -0.187. The fraction of sp³-hybridized carbons (Fsp3) is 0.231. The molecule has 0 saturated carbocycles. The Morgan fingerprint density at radius 3 is 2.29 bits per heavy atom. The van der Waals surface area contributed by atoms with Crippen molar-refractivity contribution < 1.29 is 4.39 Å². The lowest BCUT2D eigenvalue weighted by Gasteiger charge is -2.15. The van der Waals surface area contributed by atoms with E-state index in [1.54, 1.807) is 12.1 Å². The molecule has 1 unspecified atom stereocenters. The highest BCUT2D eigenvalue weighted by molar-refractivity contribution is 9.09. The smallest absolute Gasteiger partial charge is 0.123 e. The van der Waals surface area contributed by atoms with Crippen LogP contribution >= 0.6 is 38.9 Å². The number of halogens is 3. The van der Waals surface area contributed by atoms with Crippen molar-refractivity contribution in [1.82, 2.24) is 0 Å². The Kier molecular flexibility index (Phi) is 3.91. The van der Waals surface area contributed by atoms with Gasteiger partial charge in [0.05, 0.1) is 9.16 Å². The fourth-order valence-electron chi connectivity index (χ4n) is 1.93. The second-order valence-electron chi connectivity index (χ2n) is 3.96. The van der Waals surface area contributed by atoms with Crippen LogP contribution in [0.3, 0.4) is 0 Å². The average molecular weight is 334 g/mol. The van der Waals surface area contributed by atoms with Crippen LogP contribution in [0, 0.1) is 19.7 Å². The van der Waals surface area contributed by atoms with Gasteiger partial charge in [0.1, 0.15) is 5.82 Å². The van der Waals surface area contributed by atoms with Crippen molar-refractivity contribution in [3.63, 3.8) is 0 Å². The molecule has 4 heteroatoms. The fourth-order valence-corrected chi connectivity index (χ4v) is 4.13. The van der Waals surface area contributed by atoms with E-state index < -0.39 is 0 Å². The second kappa shape index (κ2) is 5.09. The van der Waals surface area contributed by atoms with Gasteiger partial charge in [-0.2, -0.15) is 0 Å². The molecule has 0 radical (unpaired) electrons. The number of benzene rings is 1. The monoisotopic (exact) mass is 332 g/mol. The maximum atomic E-state index is 13.2. The van der Waals surface area contributed by atoms with Gasteiger partial charge in [-0.15, -0.1) is 11.3 Å². The van der Waals surface area contributed by atoms with Crippen molar-refractivity contribution in [2.45, 2.75) is 18.7 Å². The maximum Gasteiger partial charge on any atom is 0.123 e. The molecule has 0 bridgehead atoms. The molecular formula is C13H11BrClFS. The van der Waals surface area contributed by atoms with Gasteiger partial charge in [0.15, 0.2) is 0 Å². The third-order valence-corrected chi connectivity index (χ3v) is 5.21. The molecule has 2 rings (SSSR count). The summed E-state index contributed by atoms with van der Waals surface area (Å²) < 4.78 is 14.0. The minimum atomic E-state index is -0.187. The Morgan fingerprint density at radius 2 is 1.82 bits per heavy atom. The van der Waals surface area contributed by atoms with E-state index in [-0.39, 0.29) is 10.6 Å². The molecular weight excluding hydrogens is 323 g/mol. The van der Waals surface area contributed by atoms with Crippen molar-refractivity contribution in [2.24, 2.45) is 0 Å². The molecule has 0 aliphatic carbocycles. The summed E-state index contributed by atoms with van der Waals surface area (Å²) >= 11 is 11.1. The van der Waals surface area contributed by atoms with Crippen LogP contribution in [0.5, 0.6) is 0 Å². The Balaban J connectivity index is 2.47. The van der Waals surface area contributed by atoms with Crippen LogP contribution in [0.2, 0.25) is 4.34 Å². The highest BCUT2D eigenvalue weighted by Gasteiger charge is 2.17. The maximum absolute atomic E-state index is 13.2. The van der Waals surface area contributed by atoms with Crippen LogP contribution in [0.25, 0.3) is 0 Å². The van der Waals surface area contributed by atoms with E-state index in [4.69, 9.17) is 11.6 Å². The first-order valence-corrected chi connectivity index (χ1v) is 7.26. The van der Waals surface area contributed by atoms with Gasteiger partial charge < -0.3 is 0 Å². The number of aryl methyl sites for hydroxylation is 2. The summed E-state index contributed by atoms with van der Waals surface area (Å²) in [5.41, 5.74) is 3.02. The van der Waals surface area contributed by atoms with E-state index >= 15 is 0 Å². The zero-order valence-corrected chi connectivity index (χ0v) is 12.6. The predicted molar refractivity (Wildman–Crippen MR) is 76.0 cm³/mol. The molecule has 1 atom stereocenters.